The van der Waals surface area contributed by atoms with Crippen molar-refractivity contribution in [3.8, 4) is 0 Å². The van der Waals surface area contributed by atoms with Gasteiger partial charge in [-0.2, -0.15) is 0 Å². The minimum Gasteiger partial charge on any atom is -0.397 e. The maximum absolute atomic E-state index is 12.4. The Bertz CT molecular complexity index is 898. The molecule has 3 aromatic rings. The molecular formula is C14H13N5OS2. The van der Waals surface area contributed by atoms with Crippen LogP contribution in [0.3, 0.4) is 0 Å². The first-order valence-corrected chi connectivity index (χ1v) is 8.57. The topological polar surface area (TPSA) is 93.8 Å². The van der Waals surface area contributed by atoms with Crippen LogP contribution in [0.4, 0.5) is 10.8 Å². The number of thiophene rings is 1. The van der Waals surface area contributed by atoms with Crippen molar-refractivity contribution in [3.63, 3.8) is 0 Å². The minimum absolute atomic E-state index is 0.253. The van der Waals surface area contributed by atoms with Crippen molar-refractivity contribution in [1.82, 2.24) is 15.2 Å². The molecule has 8 heteroatoms. The Morgan fingerprint density at radius 1 is 1.32 bits per heavy atom. The van der Waals surface area contributed by atoms with Crippen LogP contribution in [-0.2, 0) is 12.8 Å². The van der Waals surface area contributed by atoms with Gasteiger partial charge in [0.25, 0.3) is 5.91 Å². The van der Waals surface area contributed by atoms with E-state index in [2.05, 4.69) is 26.6 Å². The molecule has 6 nitrogen and oxygen atoms in total. The van der Waals surface area contributed by atoms with Crippen LogP contribution in [0.2, 0.25) is 0 Å². The number of rotatable bonds is 2. The molecule has 0 aromatic carbocycles. The third kappa shape index (κ3) is 2.15. The summed E-state index contributed by atoms with van der Waals surface area (Å²) in [6.45, 7) is 1.84. The largest absolute Gasteiger partial charge is 0.397 e. The molecular weight excluding hydrogens is 318 g/mol. The smallest absolute Gasteiger partial charge is 0.269 e. The zero-order valence-corrected chi connectivity index (χ0v) is 13.5. The molecule has 112 valence electrons. The van der Waals surface area contributed by atoms with Crippen molar-refractivity contribution >= 4 is 49.6 Å². The van der Waals surface area contributed by atoms with E-state index in [1.165, 1.54) is 28.2 Å². The fourth-order valence-electron chi connectivity index (χ4n) is 2.67. The molecule has 3 N–H and O–H groups in total. The number of amides is 1. The Balaban J connectivity index is 1.72. The summed E-state index contributed by atoms with van der Waals surface area (Å²) >= 11 is 2.67. The zero-order chi connectivity index (χ0) is 15.3. The first-order valence-electron chi connectivity index (χ1n) is 6.94. The van der Waals surface area contributed by atoms with Crippen LogP contribution in [0.15, 0.2) is 6.07 Å². The van der Waals surface area contributed by atoms with Crippen molar-refractivity contribution in [2.45, 2.75) is 26.2 Å². The Hall–Kier alpha value is -2.06. The predicted molar refractivity (Wildman–Crippen MR) is 88.7 cm³/mol. The summed E-state index contributed by atoms with van der Waals surface area (Å²) in [6.07, 6.45) is 3.19. The molecule has 3 heterocycles. The first kappa shape index (κ1) is 13.6. The van der Waals surface area contributed by atoms with E-state index in [0.29, 0.717) is 15.7 Å². The number of hydrogen-bond donors (Lipinski definition) is 2. The van der Waals surface area contributed by atoms with Gasteiger partial charge in [-0.15, -0.1) is 21.5 Å². The maximum atomic E-state index is 12.4. The maximum Gasteiger partial charge on any atom is 0.269 e. The van der Waals surface area contributed by atoms with E-state index < -0.39 is 0 Å². The SMILES string of the molecule is Cc1nnc(NC(=O)c2sc3nc4c(cc3c2N)CCC4)s1. The van der Waals surface area contributed by atoms with Crippen LogP contribution in [0, 0.1) is 6.92 Å². The molecule has 1 aliphatic carbocycles. The van der Waals surface area contributed by atoms with Gasteiger partial charge in [-0.3, -0.25) is 10.1 Å². The highest BCUT2D eigenvalue weighted by Gasteiger charge is 2.21. The minimum atomic E-state index is -0.253. The lowest BCUT2D eigenvalue weighted by molar-refractivity contribution is 0.103. The summed E-state index contributed by atoms with van der Waals surface area (Å²) in [7, 11) is 0. The highest BCUT2D eigenvalue weighted by molar-refractivity contribution is 7.21. The molecule has 0 saturated heterocycles. The number of aromatic nitrogens is 3. The van der Waals surface area contributed by atoms with Gasteiger partial charge in [0.1, 0.15) is 14.7 Å². The van der Waals surface area contributed by atoms with Crippen LogP contribution in [-0.4, -0.2) is 21.1 Å². The second kappa shape index (κ2) is 4.99. The zero-order valence-electron chi connectivity index (χ0n) is 11.8. The van der Waals surface area contributed by atoms with Crippen LogP contribution in [0.1, 0.15) is 32.4 Å². The number of fused-ring (bicyclic) bond motifs is 2. The van der Waals surface area contributed by atoms with E-state index in [-0.39, 0.29) is 5.91 Å². The summed E-state index contributed by atoms with van der Waals surface area (Å²) in [5.74, 6) is -0.253. The van der Waals surface area contributed by atoms with Gasteiger partial charge in [-0.1, -0.05) is 11.3 Å². The summed E-state index contributed by atoms with van der Waals surface area (Å²) in [6, 6.07) is 2.09. The Morgan fingerprint density at radius 2 is 2.18 bits per heavy atom. The molecule has 0 atom stereocenters. The molecule has 0 radical (unpaired) electrons. The van der Waals surface area contributed by atoms with Gasteiger partial charge in [0.15, 0.2) is 0 Å². The number of nitrogens with zero attached hydrogens (tertiary/aromatic N) is 3. The quantitative estimate of drug-likeness (QED) is 0.753. The van der Waals surface area contributed by atoms with E-state index in [0.717, 1.165) is 40.2 Å². The molecule has 0 saturated carbocycles. The van der Waals surface area contributed by atoms with Crippen LogP contribution >= 0.6 is 22.7 Å². The second-order valence-corrected chi connectivity index (χ2v) is 7.41. The lowest BCUT2D eigenvalue weighted by atomic mass is 10.1. The fourth-order valence-corrected chi connectivity index (χ4v) is 4.25. The highest BCUT2D eigenvalue weighted by atomic mass is 32.1. The summed E-state index contributed by atoms with van der Waals surface area (Å²) in [4.78, 5) is 18.4. The lowest BCUT2D eigenvalue weighted by Crippen LogP contribution is -2.11. The second-order valence-electron chi connectivity index (χ2n) is 5.23. The third-order valence-electron chi connectivity index (χ3n) is 3.70. The molecule has 0 unspecified atom stereocenters. The van der Waals surface area contributed by atoms with Crippen molar-refractivity contribution in [3.05, 3.63) is 27.2 Å². The van der Waals surface area contributed by atoms with E-state index in [1.807, 2.05) is 6.92 Å². The average Bonchev–Trinajstić information content (AvgIpc) is 3.17. The Morgan fingerprint density at radius 3 is 2.95 bits per heavy atom. The first-order chi connectivity index (χ1) is 10.6. The van der Waals surface area contributed by atoms with Crippen molar-refractivity contribution in [2.24, 2.45) is 0 Å². The molecule has 0 spiro atoms. The number of nitrogens with two attached hydrogens (primary N) is 1. The fraction of sp³-hybridized carbons (Fsp3) is 0.286. The van der Waals surface area contributed by atoms with E-state index in [9.17, 15) is 4.79 Å². The van der Waals surface area contributed by atoms with Gasteiger partial charge in [-0.05, 0) is 37.8 Å². The predicted octanol–water partition coefficient (Wildman–Crippen LogP) is 2.78. The number of carbonyl (C=O) groups excluding carboxylic acids is 1. The van der Waals surface area contributed by atoms with Gasteiger partial charge in [0.05, 0.1) is 5.69 Å². The van der Waals surface area contributed by atoms with Crippen LogP contribution in [0.5, 0.6) is 0 Å². The molecule has 3 aromatic heterocycles. The summed E-state index contributed by atoms with van der Waals surface area (Å²) < 4.78 is 0. The van der Waals surface area contributed by atoms with Gasteiger partial charge < -0.3 is 5.73 Å². The van der Waals surface area contributed by atoms with E-state index in [1.54, 1.807) is 0 Å². The molecule has 1 amide bonds. The summed E-state index contributed by atoms with van der Waals surface area (Å²) in [5, 5.41) is 12.7. The Kier molecular flexibility index (Phi) is 3.08. The Labute approximate surface area is 134 Å². The van der Waals surface area contributed by atoms with Gasteiger partial charge in [0, 0.05) is 11.1 Å². The number of nitrogen functional groups attached to an aromatic ring is 1. The molecule has 4 rings (SSSR count). The molecule has 0 aliphatic heterocycles. The highest BCUT2D eigenvalue weighted by Crippen LogP contribution is 2.36. The van der Waals surface area contributed by atoms with Gasteiger partial charge >= 0.3 is 0 Å². The average molecular weight is 331 g/mol. The molecule has 0 fully saturated rings. The number of anilines is 2. The lowest BCUT2D eigenvalue weighted by Gasteiger charge is -2.00. The normalized spacial score (nSPS) is 13.5. The number of carbonyl (C=O) groups is 1. The van der Waals surface area contributed by atoms with Crippen LogP contribution in [0.25, 0.3) is 10.2 Å². The van der Waals surface area contributed by atoms with E-state index in [4.69, 9.17) is 5.73 Å². The van der Waals surface area contributed by atoms with Gasteiger partial charge in [-0.25, -0.2) is 4.98 Å². The van der Waals surface area contributed by atoms with Crippen molar-refractivity contribution in [1.29, 1.82) is 0 Å². The number of hydrogen-bond acceptors (Lipinski definition) is 7. The monoisotopic (exact) mass is 331 g/mol. The number of aryl methyl sites for hydroxylation is 3. The van der Waals surface area contributed by atoms with Crippen LogP contribution < -0.4 is 11.1 Å². The van der Waals surface area contributed by atoms with Gasteiger partial charge in [0.2, 0.25) is 5.13 Å². The standard InChI is InChI=1S/C14H13N5OS2/c1-6-18-19-14(21-6)17-12(20)11-10(15)8-5-7-3-2-4-9(7)16-13(8)22-11/h5H,2-4,15H2,1H3,(H,17,19,20). The molecule has 22 heavy (non-hydrogen) atoms. The molecule has 1 aliphatic rings. The number of nitrogens with one attached hydrogen (secondary N) is 1. The third-order valence-corrected chi connectivity index (χ3v) is 5.57. The summed E-state index contributed by atoms with van der Waals surface area (Å²) in [5.41, 5.74) is 9.06. The van der Waals surface area contributed by atoms with Crippen molar-refractivity contribution in [2.75, 3.05) is 11.1 Å². The molecule has 0 bridgehead atoms. The van der Waals surface area contributed by atoms with Crippen molar-refractivity contribution < 1.29 is 4.79 Å². The van der Waals surface area contributed by atoms with E-state index >= 15 is 0 Å². The number of pyridine rings is 1.